The number of carbonyl (C=O) groups is 3. The first-order chi connectivity index (χ1) is 31.0. The monoisotopic (exact) mass is 864 g/mol. The van der Waals surface area contributed by atoms with Crippen LogP contribution in [0.15, 0.2) is 97.8 Å². The molecule has 3 aliphatic rings. The van der Waals surface area contributed by atoms with Crippen molar-refractivity contribution in [2.24, 2.45) is 0 Å². The van der Waals surface area contributed by atoms with Crippen LogP contribution in [-0.2, 0) is 4.74 Å². The van der Waals surface area contributed by atoms with Gasteiger partial charge in [-0.3, -0.25) is 24.5 Å². The molecule has 6 aromatic rings. The minimum Gasteiger partial charge on any atom is -0.491 e. The quantitative estimate of drug-likeness (QED) is 0.162. The Hall–Kier alpha value is -8.09. The normalized spacial score (nSPS) is 17.2. The number of fused-ring (bicyclic) bond motifs is 13. The van der Waals surface area contributed by atoms with Crippen LogP contribution in [0.25, 0.3) is 22.5 Å². The maximum absolute atomic E-state index is 14.5. The number of carbonyl (C=O) groups excluding carboxylic acids is 3. The average Bonchev–Trinajstić information content (AvgIpc) is 3.70. The molecular weight excluding hydrogens is 821 g/mol. The highest BCUT2D eigenvalue weighted by molar-refractivity contribution is 6.08. The number of hydrogen-bond acceptors (Lipinski definition) is 16. The van der Waals surface area contributed by atoms with Crippen LogP contribution in [-0.4, -0.2) is 103 Å². The summed E-state index contributed by atoms with van der Waals surface area (Å²) in [7, 11) is 0. The number of pyridine rings is 2. The number of nitrogens with one attached hydrogen (secondary N) is 3. The fourth-order valence-corrected chi connectivity index (χ4v) is 7.52. The summed E-state index contributed by atoms with van der Waals surface area (Å²) < 4.78 is 24.8. The lowest BCUT2D eigenvalue weighted by Crippen LogP contribution is -2.42. The first-order valence-corrected chi connectivity index (χ1v) is 20.6. The molecule has 1 fully saturated rings. The molecule has 8 bridgehead atoms. The van der Waals surface area contributed by atoms with Crippen molar-refractivity contribution >= 4 is 46.6 Å². The molecular formula is C45H44N12O7. The first-order valence-electron chi connectivity index (χ1n) is 20.6. The maximum Gasteiger partial charge on any atom is 0.410 e. The van der Waals surface area contributed by atoms with E-state index in [9.17, 15) is 14.4 Å². The van der Waals surface area contributed by atoms with E-state index in [1.807, 2.05) is 68.1 Å². The first kappa shape index (κ1) is 41.3. The zero-order valence-corrected chi connectivity index (χ0v) is 35.1. The number of rotatable bonds is 3. The van der Waals surface area contributed by atoms with Crippen molar-refractivity contribution in [1.82, 2.24) is 34.8 Å². The Morgan fingerprint density at radius 2 is 1.64 bits per heavy atom. The molecule has 1 unspecified atom stereocenters. The molecule has 4 aromatic heterocycles. The number of aromatic nitrogens is 6. The lowest BCUT2D eigenvalue weighted by molar-refractivity contribution is 0.0176. The second-order valence-electron chi connectivity index (χ2n) is 16.2. The van der Waals surface area contributed by atoms with Crippen LogP contribution in [0.2, 0.25) is 0 Å². The molecule has 64 heavy (non-hydrogen) atoms. The Labute approximate surface area is 367 Å². The maximum atomic E-state index is 14.5. The van der Waals surface area contributed by atoms with Crippen LogP contribution < -0.4 is 40.8 Å². The van der Waals surface area contributed by atoms with Crippen molar-refractivity contribution in [2.45, 2.75) is 44.9 Å². The van der Waals surface area contributed by atoms with Crippen LogP contribution in [0.3, 0.4) is 0 Å². The summed E-state index contributed by atoms with van der Waals surface area (Å²) in [5, 5.41) is 9.15. The number of nitrogen functional groups attached to an aromatic ring is 1. The Morgan fingerprint density at radius 1 is 0.875 bits per heavy atom. The molecule has 2 atom stereocenters. The van der Waals surface area contributed by atoms with E-state index in [0.29, 0.717) is 64.1 Å². The molecule has 0 aliphatic carbocycles. The largest absolute Gasteiger partial charge is 0.491 e. The summed E-state index contributed by atoms with van der Waals surface area (Å²) in [6.07, 6.45) is 8.71. The van der Waals surface area contributed by atoms with Crippen LogP contribution in [0, 0.1) is 0 Å². The molecule has 326 valence electrons. The van der Waals surface area contributed by atoms with Gasteiger partial charge in [0.2, 0.25) is 0 Å². The third kappa shape index (κ3) is 8.94. The number of para-hydroxylation sites is 1. The zero-order valence-electron chi connectivity index (χ0n) is 35.1. The van der Waals surface area contributed by atoms with Gasteiger partial charge >= 0.3 is 6.09 Å². The number of nitrogens with two attached hydrogens (primary N) is 1. The molecule has 19 nitrogen and oxygen atoms in total. The number of benzene rings is 2. The van der Waals surface area contributed by atoms with Crippen molar-refractivity contribution in [3.63, 3.8) is 0 Å². The topological polar surface area (TPSA) is 234 Å². The van der Waals surface area contributed by atoms with Gasteiger partial charge in [-0.25, -0.2) is 24.7 Å². The van der Waals surface area contributed by atoms with Crippen LogP contribution >= 0.6 is 0 Å². The Bertz CT molecular complexity index is 2750. The van der Waals surface area contributed by atoms with E-state index < -0.39 is 29.6 Å². The summed E-state index contributed by atoms with van der Waals surface area (Å²) in [5.74, 6) is 0.329. The number of ether oxygens (including phenoxy) is 4. The highest BCUT2D eigenvalue weighted by Crippen LogP contribution is 2.34. The Kier molecular flexibility index (Phi) is 11.2. The van der Waals surface area contributed by atoms with E-state index in [1.54, 1.807) is 41.7 Å². The predicted octanol–water partition coefficient (Wildman–Crippen LogP) is 5.90. The summed E-state index contributed by atoms with van der Waals surface area (Å²) >= 11 is 0. The molecule has 9 rings (SSSR count). The van der Waals surface area contributed by atoms with Gasteiger partial charge in [-0.15, -0.1) is 0 Å². The van der Waals surface area contributed by atoms with E-state index in [1.165, 1.54) is 18.6 Å². The second-order valence-corrected chi connectivity index (χ2v) is 16.2. The van der Waals surface area contributed by atoms with Crippen molar-refractivity contribution in [2.75, 3.05) is 59.6 Å². The molecule has 19 heteroatoms. The molecule has 3 aliphatic heterocycles. The lowest BCUT2D eigenvalue weighted by Gasteiger charge is -2.28. The Morgan fingerprint density at radius 3 is 2.50 bits per heavy atom. The van der Waals surface area contributed by atoms with Crippen LogP contribution in [0.5, 0.6) is 17.2 Å². The fraction of sp³-hybridized carbons (Fsp3) is 0.267. The molecule has 5 N–H and O–H groups in total. The van der Waals surface area contributed by atoms with Gasteiger partial charge in [0.1, 0.15) is 47.9 Å². The summed E-state index contributed by atoms with van der Waals surface area (Å²) in [6, 6.07) is 17.6. The van der Waals surface area contributed by atoms with Gasteiger partial charge < -0.3 is 45.5 Å². The standard InChI is InChI=1S/C45H44N12O7/c1-45(2,3)64-44(60)57-23-29-18-27(57)24-62-28-8-6-7-26(17-28)31-21-50-41(39(52-31)43(59)55-34-20-48-14-12-37(34)63-29)51-25-56-15-16-61-36-10-5-4-9-30(36)32-22-49-40(46)38(53-32)42(58)54-33-19-47-13-11-35(33)56/h4-14,17,19-22,27,29H,15-16,18,23-25H2,1-3H3,(H2,46,49)(H,50,51)(H,54,58)(H,55,59)/t27?,29-/m0/s1. The summed E-state index contributed by atoms with van der Waals surface area (Å²) in [4.78, 5) is 72.1. The summed E-state index contributed by atoms with van der Waals surface area (Å²) in [6.45, 7) is 6.40. The average molecular weight is 865 g/mol. The molecule has 0 radical (unpaired) electrons. The lowest BCUT2D eigenvalue weighted by atomic mass is 10.1. The SMILES string of the molecule is CC(C)(C)OC(=O)N1C[C@@H]2CC1COc1cccc(c1)-c1cnc(NCN3CCOc4ccccc4-c4cnc(N)c(n4)C(=O)Nc4cnccc43)c(n1)C(=O)Nc1cnccc1O2. The van der Waals surface area contributed by atoms with Crippen molar-refractivity contribution in [3.05, 3.63) is 109 Å². The number of anilines is 5. The summed E-state index contributed by atoms with van der Waals surface area (Å²) in [5.41, 5.74) is 8.65. The second kappa shape index (κ2) is 17.3. The minimum atomic E-state index is -0.708. The number of likely N-dealkylation sites (tertiary alicyclic amines) is 1. The van der Waals surface area contributed by atoms with Gasteiger partial charge in [-0.2, -0.15) is 0 Å². The molecule has 7 heterocycles. The number of nitrogens with zero attached hydrogens (tertiary/aromatic N) is 8. The highest BCUT2D eigenvalue weighted by Gasteiger charge is 2.40. The highest BCUT2D eigenvalue weighted by atomic mass is 16.6. The van der Waals surface area contributed by atoms with Crippen molar-refractivity contribution < 1.29 is 33.3 Å². The third-order valence-corrected chi connectivity index (χ3v) is 10.5. The van der Waals surface area contributed by atoms with E-state index in [-0.39, 0.29) is 61.2 Å². The molecule has 2 aromatic carbocycles. The number of hydrogen-bond donors (Lipinski definition) is 4. The van der Waals surface area contributed by atoms with Gasteiger partial charge in [0, 0.05) is 36.0 Å². The smallest absolute Gasteiger partial charge is 0.410 e. The fourth-order valence-electron chi connectivity index (χ4n) is 7.52. The zero-order chi connectivity index (χ0) is 44.4. The third-order valence-electron chi connectivity index (χ3n) is 10.5. The van der Waals surface area contributed by atoms with Gasteiger partial charge in [-0.05, 0) is 51.1 Å². The Balaban J connectivity index is 1.04. The number of amides is 3. The predicted molar refractivity (Wildman–Crippen MR) is 236 cm³/mol. The van der Waals surface area contributed by atoms with Crippen LogP contribution in [0.1, 0.15) is 48.2 Å². The van der Waals surface area contributed by atoms with E-state index in [4.69, 9.17) is 34.6 Å². The van der Waals surface area contributed by atoms with Crippen molar-refractivity contribution in [3.8, 4) is 39.8 Å². The van der Waals surface area contributed by atoms with Gasteiger partial charge in [-0.1, -0.05) is 24.3 Å². The van der Waals surface area contributed by atoms with E-state index >= 15 is 0 Å². The molecule has 0 saturated carbocycles. The molecule has 3 amide bonds. The van der Waals surface area contributed by atoms with Crippen LogP contribution in [0.4, 0.5) is 33.5 Å². The van der Waals surface area contributed by atoms with Crippen molar-refractivity contribution in [1.29, 1.82) is 0 Å². The van der Waals surface area contributed by atoms with Gasteiger partial charge in [0.15, 0.2) is 23.0 Å². The van der Waals surface area contributed by atoms with E-state index in [2.05, 4.69) is 35.9 Å². The van der Waals surface area contributed by atoms with Gasteiger partial charge in [0.05, 0.1) is 73.4 Å². The van der Waals surface area contributed by atoms with Gasteiger partial charge in [0.25, 0.3) is 11.8 Å². The minimum absolute atomic E-state index is 0.0321. The van der Waals surface area contributed by atoms with E-state index in [0.717, 1.165) is 0 Å². The molecule has 0 spiro atoms. The molecule has 1 saturated heterocycles.